The molecule has 1 saturated heterocycles. The highest BCUT2D eigenvalue weighted by Gasteiger charge is 2.28. The lowest BCUT2D eigenvalue weighted by atomic mass is 10.2. The summed E-state index contributed by atoms with van der Waals surface area (Å²) < 4.78 is 9.91. The average molecular weight is 275 g/mol. The second kappa shape index (κ2) is 6.86. The van der Waals surface area contributed by atoms with Gasteiger partial charge in [-0.2, -0.15) is 0 Å². The Morgan fingerprint density at radius 3 is 2.80 bits per heavy atom. The standard InChI is InChI=1S/C15H17NO4/c1-19-15(18)13-11-16(9-10-20-13)14(17)8-7-12-5-3-2-4-6-12/h2-8,13H,9-11H2,1H3/b8-7+. The van der Waals surface area contributed by atoms with Crippen molar-refractivity contribution in [2.45, 2.75) is 6.10 Å². The largest absolute Gasteiger partial charge is 0.467 e. The van der Waals surface area contributed by atoms with E-state index in [-0.39, 0.29) is 12.5 Å². The molecule has 2 rings (SSSR count). The van der Waals surface area contributed by atoms with Crippen LogP contribution in [0.3, 0.4) is 0 Å². The van der Waals surface area contributed by atoms with Gasteiger partial charge >= 0.3 is 5.97 Å². The summed E-state index contributed by atoms with van der Waals surface area (Å²) in [5.74, 6) is -0.583. The minimum Gasteiger partial charge on any atom is -0.467 e. The molecule has 1 aliphatic heterocycles. The average Bonchev–Trinajstić information content (AvgIpc) is 2.53. The van der Waals surface area contributed by atoms with Gasteiger partial charge in [0.15, 0.2) is 6.10 Å². The number of morpholine rings is 1. The maximum atomic E-state index is 12.1. The van der Waals surface area contributed by atoms with Crippen LogP contribution in [-0.2, 0) is 19.1 Å². The monoisotopic (exact) mass is 275 g/mol. The third kappa shape index (κ3) is 3.68. The van der Waals surface area contributed by atoms with Crippen LogP contribution in [0.2, 0.25) is 0 Å². The first-order chi connectivity index (χ1) is 9.70. The summed E-state index contributed by atoms with van der Waals surface area (Å²) >= 11 is 0. The number of benzene rings is 1. The highest BCUT2D eigenvalue weighted by Crippen LogP contribution is 2.08. The van der Waals surface area contributed by atoms with Crippen molar-refractivity contribution in [3.63, 3.8) is 0 Å². The van der Waals surface area contributed by atoms with Crippen LogP contribution in [0.1, 0.15) is 5.56 Å². The van der Waals surface area contributed by atoms with Gasteiger partial charge in [0.1, 0.15) is 0 Å². The summed E-state index contributed by atoms with van der Waals surface area (Å²) in [5, 5.41) is 0. The highest BCUT2D eigenvalue weighted by atomic mass is 16.6. The molecule has 1 heterocycles. The Kier molecular flexibility index (Phi) is 4.90. The van der Waals surface area contributed by atoms with Crippen LogP contribution in [0.4, 0.5) is 0 Å². The fourth-order valence-corrected chi connectivity index (χ4v) is 1.96. The predicted octanol–water partition coefficient (Wildman–Crippen LogP) is 1.10. The van der Waals surface area contributed by atoms with Crippen LogP contribution in [0.15, 0.2) is 36.4 Å². The molecule has 1 unspecified atom stereocenters. The van der Waals surface area contributed by atoms with Crippen LogP contribution in [-0.4, -0.2) is 49.7 Å². The van der Waals surface area contributed by atoms with E-state index in [0.717, 1.165) is 5.56 Å². The molecule has 0 radical (unpaired) electrons. The zero-order valence-electron chi connectivity index (χ0n) is 11.3. The van der Waals surface area contributed by atoms with E-state index in [1.165, 1.54) is 13.2 Å². The lowest BCUT2D eigenvalue weighted by Crippen LogP contribution is -2.48. The Bertz CT molecular complexity index is 498. The van der Waals surface area contributed by atoms with Crippen LogP contribution < -0.4 is 0 Å². The first kappa shape index (κ1) is 14.3. The molecule has 0 bridgehead atoms. The molecule has 1 amide bonds. The summed E-state index contributed by atoms with van der Waals surface area (Å²) in [6.45, 7) is 1.04. The first-order valence-corrected chi connectivity index (χ1v) is 6.42. The zero-order chi connectivity index (χ0) is 14.4. The zero-order valence-corrected chi connectivity index (χ0v) is 11.3. The predicted molar refractivity (Wildman–Crippen MR) is 73.8 cm³/mol. The van der Waals surface area contributed by atoms with Crippen LogP contribution in [0.5, 0.6) is 0 Å². The van der Waals surface area contributed by atoms with Crippen molar-refractivity contribution in [3.05, 3.63) is 42.0 Å². The smallest absolute Gasteiger partial charge is 0.336 e. The van der Waals surface area contributed by atoms with Gasteiger partial charge in [-0.1, -0.05) is 30.3 Å². The number of hydrogen-bond donors (Lipinski definition) is 0. The van der Waals surface area contributed by atoms with Crippen molar-refractivity contribution >= 4 is 18.0 Å². The number of carbonyl (C=O) groups is 2. The maximum Gasteiger partial charge on any atom is 0.336 e. The van der Waals surface area contributed by atoms with Crippen molar-refractivity contribution in [2.24, 2.45) is 0 Å². The SMILES string of the molecule is COC(=O)C1CN(C(=O)/C=C/c2ccccc2)CCO1. The van der Waals surface area contributed by atoms with E-state index in [1.54, 1.807) is 11.0 Å². The number of rotatable bonds is 3. The van der Waals surface area contributed by atoms with Gasteiger partial charge in [0.05, 0.1) is 20.3 Å². The van der Waals surface area contributed by atoms with Crippen LogP contribution in [0, 0.1) is 0 Å². The molecule has 5 heteroatoms. The van der Waals surface area contributed by atoms with Crippen molar-refractivity contribution in [1.29, 1.82) is 0 Å². The third-order valence-corrected chi connectivity index (χ3v) is 3.06. The number of carbonyl (C=O) groups excluding carboxylic acids is 2. The van der Waals surface area contributed by atoms with Crippen LogP contribution >= 0.6 is 0 Å². The van der Waals surface area contributed by atoms with E-state index >= 15 is 0 Å². The van der Waals surface area contributed by atoms with Crippen molar-refractivity contribution in [1.82, 2.24) is 4.90 Å². The normalized spacial score (nSPS) is 19.1. The molecule has 20 heavy (non-hydrogen) atoms. The van der Waals surface area contributed by atoms with Gasteiger partial charge < -0.3 is 14.4 Å². The summed E-state index contributed by atoms with van der Waals surface area (Å²) in [6, 6.07) is 9.57. The molecule has 0 aliphatic carbocycles. The Labute approximate surface area is 117 Å². The van der Waals surface area contributed by atoms with Crippen LogP contribution in [0.25, 0.3) is 6.08 Å². The van der Waals surface area contributed by atoms with Crippen molar-refractivity contribution in [3.8, 4) is 0 Å². The number of esters is 1. The second-order valence-electron chi connectivity index (χ2n) is 4.41. The Morgan fingerprint density at radius 1 is 1.35 bits per heavy atom. The molecule has 0 N–H and O–H groups in total. The molecule has 0 spiro atoms. The molecule has 0 aromatic heterocycles. The van der Waals surface area contributed by atoms with Crippen molar-refractivity contribution in [2.75, 3.05) is 26.8 Å². The van der Waals surface area contributed by atoms with Gasteiger partial charge in [0.2, 0.25) is 5.91 Å². The lowest BCUT2D eigenvalue weighted by Gasteiger charge is -2.30. The lowest BCUT2D eigenvalue weighted by molar-refractivity contribution is -0.161. The van der Waals surface area contributed by atoms with E-state index in [0.29, 0.717) is 13.2 Å². The molecule has 1 aromatic carbocycles. The van der Waals surface area contributed by atoms with E-state index in [1.807, 2.05) is 30.3 Å². The molecule has 1 fully saturated rings. The van der Waals surface area contributed by atoms with Gasteiger partial charge in [-0.15, -0.1) is 0 Å². The third-order valence-electron chi connectivity index (χ3n) is 3.06. The highest BCUT2D eigenvalue weighted by molar-refractivity contribution is 5.92. The van der Waals surface area contributed by atoms with Gasteiger partial charge in [0, 0.05) is 12.6 Å². The Hall–Kier alpha value is -2.14. The number of hydrogen-bond acceptors (Lipinski definition) is 4. The minimum absolute atomic E-state index is 0.133. The summed E-state index contributed by atoms with van der Waals surface area (Å²) in [7, 11) is 1.31. The maximum absolute atomic E-state index is 12.1. The topological polar surface area (TPSA) is 55.8 Å². The number of nitrogens with zero attached hydrogens (tertiary/aromatic N) is 1. The molecule has 5 nitrogen and oxygen atoms in total. The molecule has 106 valence electrons. The van der Waals surface area contributed by atoms with E-state index in [4.69, 9.17) is 4.74 Å². The Morgan fingerprint density at radius 2 is 2.10 bits per heavy atom. The molecule has 1 aliphatic rings. The Balaban J connectivity index is 1.95. The molecule has 0 saturated carbocycles. The fourth-order valence-electron chi connectivity index (χ4n) is 1.96. The quantitative estimate of drug-likeness (QED) is 0.612. The van der Waals surface area contributed by atoms with Gasteiger partial charge in [-0.3, -0.25) is 4.79 Å². The van der Waals surface area contributed by atoms with Gasteiger partial charge in [0.25, 0.3) is 0 Å². The number of ether oxygens (including phenoxy) is 2. The second-order valence-corrected chi connectivity index (χ2v) is 4.41. The van der Waals surface area contributed by atoms with E-state index < -0.39 is 12.1 Å². The van der Waals surface area contributed by atoms with Gasteiger partial charge in [-0.25, -0.2) is 4.79 Å². The molecule has 1 aromatic rings. The summed E-state index contributed by atoms with van der Waals surface area (Å²) in [5.41, 5.74) is 0.957. The number of amides is 1. The molecule has 1 atom stereocenters. The van der Waals surface area contributed by atoms with Crippen molar-refractivity contribution < 1.29 is 19.1 Å². The summed E-state index contributed by atoms with van der Waals surface area (Å²) in [6.07, 6.45) is 2.57. The number of methoxy groups -OCH3 is 1. The molecular formula is C15H17NO4. The first-order valence-electron chi connectivity index (χ1n) is 6.42. The summed E-state index contributed by atoms with van der Waals surface area (Å²) in [4.78, 5) is 25.1. The van der Waals surface area contributed by atoms with E-state index in [9.17, 15) is 9.59 Å². The fraction of sp³-hybridized carbons (Fsp3) is 0.333. The molecular weight excluding hydrogens is 258 g/mol. The minimum atomic E-state index is -0.692. The van der Waals surface area contributed by atoms with E-state index in [2.05, 4.69) is 4.74 Å². The van der Waals surface area contributed by atoms with Gasteiger partial charge in [-0.05, 0) is 11.6 Å².